The Kier molecular flexibility index (Phi) is 3.20. The average Bonchev–Trinajstić information content (AvgIpc) is 2.35. The maximum absolute atomic E-state index is 11.0. The largest absolute Gasteiger partial charge is 0.478 e. The molecular weight excluding hydrogens is 218 g/mol. The van der Waals surface area contributed by atoms with Crippen molar-refractivity contribution in [2.24, 2.45) is 5.73 Å². The van der Waals surface area contributed by atoms with E-state index >= 15 is 0 Å². The van der Waals surface area contributed by atoms with Crippen molar-refractivity contribution in [3.05, 3.63) is 35.9 Å². The number of rotatable bonds is 4. The lowest BCUT2D eigenvalue weighted by atomic mass is 10.1. The van der Waals surface area contributed by atoms with Gasteiger partial charge in [0.2, 0.25) is 0 Å². The summed E-state index contributed by atoms with van der Waals surface area (Å²) >= 11 is 0. The van der Waals surface area contributed by atoms with Gasteiger partial charge in [0, 0.05) is 18.5 Å². The highest BCUT2D eigenvalue weighted by molar-refractivity contribution is 6.02. The fourth-order valence-corrected chi connectivity index (χ4v) is 1.64. The fourth-order valence-electron chi connectivity index (χ4n) is 1.64. The van der Waals surface area contributed by atoms with Gasteiger partial charge in [-0.25, -0.2) is 9.78 Å². The number of aromatic nitrogens is 1. The molecule has 1 heterocycles. The van der Waals surface area contributed by atoms with Gasteiger partial charge in [0.25, 0.3) is 0 Å². The highest BCUT2D eigenvalue weighted by Gasteiger charge is 2.08. The second kappa shape index (κ2) is 4.80. The minimum absolute atomic E-state index is 0.264. The highest BCUT2D eigenvalue weighted by Crippen LogP contribution is 2.19. The molecule has 0 saturated heterocycles. The summed E-state index contributed by atoms with van der Waals surface area (Å²) in [7, 11) is 0. The van der Waals surface area contributed by atoms with Crippen molar-refractivity contribution in [1.29, 1.82) is 0 Å². The third kappa shape index (κ3) is 2.34. The molecule has 0 aliphatic heterocycles. The predicted octanol–water partition coefficient (Wildman–Crippen LogP) is 1.30. The predicted molar refractivity (Wildman–Crippen MR) is 66.2 cm³/mol. The lowest BCUT2D eigenvalue weighted by Crippen LogP contribution is -2.13. The average molecular weight is 231 g/mol. The van der Waals surface area contributed by atoms with Gasteiger partial charge in [-0.1, -0.05) is 6.07 Å². The molecule has 0 amide bonds. The number of carboxylic acid groups (broad SMARTS) is 1. The van der Waals surface area contributed by atoms with E-state index in [9.17, 15) is 4.79 Å². The van der Waals surface area contributed by atoms with Gasteiger partial charge >= 0.3 is 5.97 Å². The molecule has 0 atom stereocenters. The number of nitrogens with two attached hydrogens (primary N) is 1. The first kappa shape index (κ1) is 11.3. The Hall–Kier alpha value is -2.14. The van der Waals surface area contributed by atoms with Crippen LogP contribution in [0.2, 0.25) is 0 Å². The molecule has 5 nitrogen and oxygen atoms in total. The van der Waals surface area contributed by atoms with Crippen molar-refractivity contribution in [3.63, 3.8) is 0 Å². The number of benzene rings is 1. The number of hydrogen-bond donors (Lipinski definition) is 3. The number of carboxylic acids is 1. The van der Waals surface area contributed by atoms with Gasteiger partial charge < -0.3 is 16.2 Å². The molecule has 4 N–H and O–H groups in total. The number of fused-ring (bicyclic) bond motifs is 1. The van der Waals surface area contributed by atoms with Crippen molar-refractivity contribution < 1.29 is 9.90 Å². The van der Waals surface area contributed by atoms with E-state index in [1.54, 1.807) is 30.3 Å². The molecule has 0 bridgehead atoms. The molecule has 2 aromatic rings. The van der Waals surface area contributed by atoms with E-state index in [1.807, 2.05) is 0 Å². The van der Waals surface area contributed by atoms with E-state index < -0.39 is 5.97 Å². The smallest absolute Gasteiger partial charge is 0.336 e. The molecular formula is C12H13N3O2. The van der Waals surface area contributed by atoms with Gasteiger partial charge in [-0.05, 0) is 24.3 Å². The molecule has 0 fully saturated rings. The molecule has 0 spiro atoms. The zero-order chi connectivity index (χ0) is 12.3. The standard InChI is InChI=1S/C12H13N3O2/c13-6-7-14-11-5-4-8-9(12(16)17)2-1-3-10(8)15-11/h1-5H,6-7,13H2,(H,14,15)(H,16,17). The number of pyridine rings is 1. The number of carbonyl (C=O) groups is 1. The molecule has 1 aromatic heterocycles. The van der Waals surface area contributed by atoms with Crippen LogP contribution in [-0.4, -0.2) is 29.1 Å². The normalized spacial score (nSPS) is 10.4. The zero-order valence-corrected chi connectivity index (χ0v) is 9.18. The van der Waals surface area contributed by atoms with Crippen molar-refractivity contribution in [1.82, 2.24) is 4.98 Å². The van der Waals surface area contributed by atoms with Crippen LogP contribution in [0.4, 0.5) is 5.82 Å². The van der Waals surface area contributed by atoms with Crippen LogP contribution in [-0.2, 0) is 0 Å². The van der Waals surface area contributed by atoms with Crippen molar-refractivity contribution in [2.75, 3.05) is 18.4 Å². The Morgan fingerprint density at radius 3 is 2.88 bits per heavy atom. The molecule has 0 aliphatic carbocycles. The second-order valence-corrected chi connectivity index (χ2v) is 3.59. The lowest BCUT2D eigenvalue weighted by Gasteiger charge is -2.06. The minimum atomic E-state index is -0.944. The third-order valence-corrected chi connectivity index (χ3v) is 2.41. The zero-order valence-electron chi connectivity index (χ0n) is 9.18. The van der Waals surface area contributed by atoms with E-state index in [2.05, 4.69) is 10.3 Å². The third-order valence-electron chi connectivity index (χ3n) is 2.41. The highest BCUT2D eigenvalue weighted by atomic mass is 16.4. The molecule has 5 heteroatoms. The van der Waals surface area contributed by atoms with Gasteiger partial charge in [-0.15, -0.1) is 0 Å². The van der Waals surface area contributed by atoms with Crippen LogP contribution < -0.4 is 11.1 Å². The summed E-state index contributed by atoms with van der Waals surface area (Å²) in [5.74, 6) is -0.245. The van der Waals surface area contributed by atoms with Crippen molar-refractivity contribution >= 4 is 22.7 Å². The fraction of sp³-hybridized carbons (Fsp3) is 0.167. The van der Waals surface area contributed by atoms with Gasteiger partial charge in [0.05, 0.1) is 11.1 Å². The summed E-state index contributed by atoms with van der Waals surface area (Å²) in [6, 6.07) is 8.55. The maximum Gasteiger partial charge on any atom is 0.336 e. The first-order valence-electron chi connectivity index (χ1n) is 5.29. The molecule has 0 unspecified atom stereocenters. The molecule has 0 saturated carbocycles. The number of anilines is 1. The van der Waals surface area contributed by atoms with Crippen LogP contribution >= 0.6 is 0 Å². The summed E-state index contributed by atoms with van der Waals surface area (Å²) in [5, 5.41) is 12.7. The summed E-state index contributed by atoms with van der Waals surface area (Å²) in [6.07, 6.45) is 0. The molecule has 88 valence electrons. The minimum Gasteiger partial charge on any atom is -0.478 e. The monoisotopic (exact) mass is 231 g/mol. The van der Waals surface area contributed by atoms with Crippen LogP contribution in [0.25, 0.3) is 10.9 Å². The topological polar surface area (TPSA) is 88.2 Å². The molecule has 1 aromatic carbocycles. The number of nitrogens with one attached hydrogen (secondary N) is 1. The summed E-state index contributed by atoms with van der Waals surface area (Å²) in [6.45, 7) is 1.16. The van der Waals surface area contributed by atoms with Gasteiger partial charge in [0.15, 0.2) is 0 Å². The van der Waals surface area contributed by atoms with Crippen LogP contribution in [0.3, 0.4) is 0 Å². The van der Waals surface area contributed by atoms with E-state index in [0.717, 1.165) is 0 Å². The number of aromatic carboxylic acids is 1. The number of nitrogens with zero attached hydrogens (tertiary/aromatic N) is 1. The summed E-state index contributed by atoms with van der Waals surface area (Å²) in [5.41, 5.74) is 6.31. The molecule has 2 rings (SSSR count). The summed E-state index contributed by atoms with van der Waals surface area (Å²) in [4.78, 5) is 15.3. The van der Waals surface area contributed by atoms with Crippen molar-refractivity contribution in [3.8, 4) is 0 Å². The van der Waals surface area contributed by atoms with Crippen LogP contribution in [0.5, 0.6) is 0 Å². The van der Waals surface area contributed by atoms with Gasteiger partial charge in [-0.2, -0.15) is 0 Å². The van der Waals surface area contributed by atoms with E-state index in [4.69, 9.17) is 10.8 Å². The van der Waals surface area contributed by atoms with Crippen LogP contribution in [0.1, 0.15) is 10.4 Å². The van der Waals surface area contributed by atoms with E-state index in [1.165, 1.54) is 0 Å². The van der Waals surface area contributed by atoms with E-state index in [-0.39, 0.29) is 5.56 Å². The van der Waals surface area contributed by atoms with Crippen LogP contribution in [0.15, 0.2) is 30.3 Å². The molecule has 0 aliphatic rings. The Labute approximate surface area is 98.3 Å². The van der Waals surface area contributed by atoms with Gasteiger partial charge in [-0.3, -0.25) is 0 Å². The number of hydrogen-bond acceptors (Lipinski definition) is 4. The quantitative estimate of drug-likeness (QED) is 0.738. The van der Waals surface area contributed by atoms with E-state index in [0.29, 0.717) is 29.8 Å². The van der Waals surface area contributed by atoms with Gasteiger partial charge in [0.1, 0.15) is 5.82 Å². The summed E-state index contributed by atoms with van der Waals surface area (Å²) < 4.78 is 0. The maximum atomic E-state index is 11.0. The SMILES string of the molecule is NCCNc1ccc2c(C(=O)O)cccc2n1. The Morgan fingerprint density at radius 1 is 1.35 bits per heavy atom. The first-order chi connectivity index (χ1) is 8.22. The molecule has 17 heavy (non-hydrogen) atoms. The Balaban J connectivity index is 2.45. The first-order valence-corrected chi connectivity index (χ1v) is 5.29. The lowest BCUT2D eigenvalue weighted by molar-refractivity contribution is 0.0699. The molecule has 0 radical (unpaired) electrons. The Morgan fingerprint density at radius 2 is 2.18 bits per heavy atom. The van der Waals surface area contributed by atoms with Crippen molar-refractivity contribution in [2.45, 2.75) is 0 Å². The second-order valence-electron chi connectivity index (χ2n) is 3.59. The Bertz CT molecular complexity index is 554. The van der Waals surface area contributed by atoms with Crippen LogP contribution in [0, 0.1) is 0 Å².